The number of likely N-dealkylation sites (tertiary alicyclic amines) is 1. The van der Waals surface area contributed by atoms with Crippen molar-refractivity contribution in [3.8, 4) is 11.5 Å². The summed E-state index contributed by atoms with van der Waals surface area (Å²) in [6, 6.07) is 1.63. The molecule has 0 spiro atoms. The molecule has 144 valence electrons. The van der Waals surface area contributed by atoms with Crippen LogP contribution in [0.15, 0.2) is 24.3 Å². The van der Waals surface area contributed by atoms with Crippen LogP contribution in [-0.2, 0) is 9.59 Å². The molecule has 1 heterocycles. The molecule has 0 aromatic heterocycles. The van der Waals surface area contributed by atoms with E-state index in [4.69, 9.17) is 14.6 Å². The summed E-state index contributed by atoms with van der Waals surface area (Å²) in [5, 5.41) is 20.0. The smallest absolute Gasteiger partial charge is 0.328 e. The highest BCUT2D eigenvalue weighted by Crippen LogP contribution is 2.36. The molecule has 10 nitrogen and oxygen atoms in total. The lowest BCUT2D eigenvalue weighted by molar-refractivity contribution is -0.385. The molecule has 1 N–H and O–H groups in total. The fourth-order valence-electron chi connectivity index (χ4n) is 2.77. The van der Waals surface area contributed by atoms with Crippen molar-refractivity contribution in [2.24, 2.45) is 0 Å². The van der Waals surface area contributed by atoms with Crippen LogP contribution in [0.25, 0.3) is 0 Å². The molecular weight excluding hydrogens is 360 g/mol. The molecule has 1 aliphatic heterocycles. The van der Waals surface area contributed by atoms with Gasteiger partial charge in [-0.3, -0.25) is 14.9 Å². The molecular formula is C17H18N2O8. The molecule has 0 bridgehead atoms. The van der Waals surface area contributed by atoms with E-state index in [2.05, 4.69) is 0 Å². The van der Waals surface area contributed by atoms with Crippen molar-refractivity contribution < 1.29 is 33.9 Å². The predicted molar refractivity (Wildman–Crippen MR) is 92.0 cm³/mol. The number of aliphatic carboxylic acids is 1. The van der Waals surface area contributed by atoms with Crippen molar-refractivity contribution in [3.05, 3.63) is 40.0 Å². The summed E-state index contributed by atoms with van der Waals surface area (Å²) in [5.74, 6) is -1.72. The second kappa shape index (κ2) is 8.79. The Morgan fingerprint density at radius 1 is 1.41 bits per heavy atom. The number of rotatable bonds is 8. The zero-order chi connectivity index (χ0) is 20.0. The molecule has 1 saturated heterocycles. The van der Waals surface area contributed by atoms with Gasteiger partial charge in [0.2, 0.25) is 0 Å². The molecule has 1 aromatic carbocycles. The van der Waals surface area contributed by atoms with E-state index in [0.717, 1.165) is 12.1 Å². The van der Waals surface area contributed by atoms with Crippen molar-refractivity contribution in [1.82, 2.24) is 4.90 Å². The van der Waals surface area contributed by atoms with E-state index in [1.165, 1.54) is 24.2 Å². The number of carboxylic acids is 1. The Labute approximate surface area is 154 Å². The highest BCUT2D eigenvalue weighted by Gasteiger charge is 2.34. The predicted octanol–water partition coefficient (Wildman–Crippen LogP) is 1.43. The highest BCUT2D eigenvalue weighted by atomic mass is 16.6. The van der Waals surface area contributed by atoms with Crippen LogP contribution in [0.3, 0.4) is 0 Å². The number of aldehydes is 1. The number of hydrogen-bond donors (Lipinski definition) is 1. The summed E-state index contributed by atoms with van der Waals surface area (Å²) in [4.78, 5) is 46.3. The number of benzene rings is 1. The van der Waals surface area contributed by atoms with Crippen molar-refractivity contribution in [3.63, 3.8) is 0 Å². The molecule has 2 rings (SSSR count). The summed E-state index contributed by atoms with van der Waals surface area (Å²) in [5.41, 5.74) is -0.700. The normalized spacial score (nSPS) is 16.3. The van der Waals surface area contributed by atoms with Gasteiger partial charge in [-0.15, -0.1) is 0 Å². The second-order valence-electron chi connectivity index (χ2n) is 5.67. The van der Waals surface area contributed by atoms with Gasteiger partial charge < -0.3 is 24.3 Å². The minimum Gasteiger partial charge on any atom is -0.493 e. The molecule has 0 saturated carbocycles. The van der Waals surface area contributed by atoms with Gasteiger partial charge in [0.05, 0.1) is 24.1 Å². The third kappa shape index (κ3) is 4.60. The second-order valence-corrected chi connectivity index (χ2v) is 5.67. The van der Waals surface area contributed by atoms with Gasteiger partial charge in [0, 0.05) is 18.7 Å². The average Bonchev–Trinajstić information content (AvgIpc) is 3.12. The number of methoxy groups -OCH3 is 1. The Bertz CT molecular complexity index is 789. The number of nitro groups is 1. The number of carbonyl (C=O) groups excluding carboxylic acids is 2. The van der Waals surface area contributed by atoms with Crippen molar-refractivity contribution in [1.29, 1.82) is 0 Å². The maximum absolute atomic E-state index is 12.7. The van der Waals surface area contributed by atoms with Crippen LogP contribution in [0.5, 0.6) is 11.5 Å². The summed E-state index contributed by atoms with van der Waals surface area (Å²) in [7, 11) is 1.31. The molecule has 1 atom stereocenters. The fourth-order valence-corrected chi connectivity index (χ4v) is 2.77. The van der Waals surface area contributed by atoms with E-state index in [9.17, 15) is 24.5 Å². The molecule has 10 heteroatoms. The van der Waals surface area contributed by atoms with Gasteiger partial charge in [0.15, 0.2) is 11.5 Å². The van der Waals surface area contributed by atoms with Gasteiger partial charge in [-0.1, -0.05) is 0 Å². The maximum Gasteiger partial charge on any atom is 0.328 e. The number of nitrogens with zero attached hydrogens (tertiary/aromatic N) is 2. The lowest BCUT2D eigenvalue weighted by Gasteiger charge is -2.21. The average molecular weight is 378 g/mol. The number of carbonyl (C=O) groups is 3. The molecule has 1 fully saturated rings. The summed E-state index contributed by atoms with van der Waals surface area (Å²) >= 11 is 0. The van der Waals surface area contributed by atoms with Crippen LogP contribution in [0.1, 0.15) is 23.2 Å². The van der Waals surface area contributed by atoms with Gasteiger partial charge >= 0.3 is 5.97 Å². The SMILES string of the molecule is COc1cc(C(=O)N2CCC[C@H]2C=O)c([N+](=O)[O-])cc1OCC=CC(=O)O. The van der Waals surface area contributed by atoms with Crippen molar-refractivity contribution >= 4 is 23.9 Å². The van der Waals surface area contributed by atoms with Gasteiger partial charge in [0.1, 0.15) is 18.5 Å². The van der Waals surface area contributed by atoms with Crippen molar-refractivity contribution in [2.45, 2.75) is 18.9 Å². The first-order valence-electron chi connectivity index (χ1n) is 8.04. The topological polar surface area (TPSA) is 136 Å². The summed E-state index contributed by atoms with van der Waals surface area (Å²) < 4.78 is 10.4. The Balaban J connectivity index is 2.37. The number of nitro benzene ring substituents is 1. The van der Waals surface area contributed by atoms with Crippen LogP contribution < -0.4 is 9.47 Å². The molecule has 1 aliphatic rings. The van der Waals surface area contributed by atoms with Crippen LogP contribution in [0.2, 0.25) is 0 Å². The lowest BCUT2D eigenvalue weighted by atomic mass is 10.1. The number of carboxylic acid groups (broad SMARTS) is 1. The van der Waals surface area contributed by atoms with Gasteiger partial charge in [0.25, 0.3) is 11.6 Å². The van der Waals surface area contributed by atoms with E-state index < -0.39 is 28.5 Å². The van der Waals surface area contributed by atoms with Gasteiger partial charge in [-0.05, 0) is 18.9 Å². The minimum atomic E-state index is -1.16. The van der Waals surface area contributed by atoms with E-state index in [0.29, 0.717) is 25.7 Å². The monoisotopic (exact) mass is 378 g/mol. The fraction of sp³-hybridized carbons (Fsp3) is 0.353. The number of amides is 1. The van der Waals surface area contributed by atoms with Crippen LogP contribution in [-0.4, -0.2) is 59.4 Å². The Morgan fingerprint density at radius 3 is 2.74 bits per heavy atom. The van der Waals surface area contributed by atoms with Crippen LogP contribution in [0.4, 0.5) is 5.69 Å². The van der Waals surface area contributed by atoms with Crippen LogP contribution >= 0.6 is 0 Å². The van der Waals surface area contributed by atoms with Crippen LogP contribution in [0, 0.1) is 10.1 Å². The van der Waals surface area contributed by atoms with E-state index in [1.54, 1.807) is 0 Å². The highest BCUT2D eigenvalue weighted by molar-refractivity contribution is 6.00. The third-order valence-electron chi connectivity index (χ3n) is 4.02. The lowest BCUT2D eigenvalue weighted by Crippen LogP contribution is -2.36. The van der Waals surface area contributed by atoms with Gasteiger partial charge in [-0.2, -0.15) is 0 Å². The van der Waals surface area contributed by atoms with E-state index in [1.807, 2.05) is 0 Å². The molecule has 0 aliphatic carbocycles. The third-order valence-corrected chi connectivity index (χ3v) is 4.02. The summed E-state index contributed by atoms with van der Waals surface area (Å²) in [6.45, 7) is 0.173. The molecule has 0 radical (unpaired) electrons. The Kier molecular flexibility index (Phi) is 6.47. The first kappa shape index (κ1) is 19.9. The van der Waals surface area contributed by atoms with E-state index >= 15 is 0 Å². The van der Waals surface area contributed by atoms with Crippen molar-refractivity contribution in [2.75, 3.05) is 20.3 Å². The Morgan fingerprint density at radius 2 is 2.15 bits per heavy atom. The van der Waals surface area contributed by atoms with E-state index in [-0.39, 0.29) is 23.7 Å². The zero-order valence-electron chi connectivity index (χ0n) is 14.5. The number of ether oxygens (including phenoxy) is 2. The first-order chi connectivity index (χ1) is 12.9. The minimum absolute atomic E-state index is 0.0100. The summed E-state index contributed by atoms with van der Waals surface area (Å²) in [6.07, 6.45) is 3.88. The standard InChI is InChI=1S/C17H18N2O8/c1-26-14-8-12(17(23)18-6-2-4-11(18)10-20)13(19(24)25)9-15(14)27-7-3-5-16(21)22/h3,5,8-11H,2,4,6-7H2,1H3,(H,21,22)/t11-/m0/s1. The molecule has 0 unspecified atom stereocenters. The largest absolute Gasteiger partial charge is 0.493 e. The first-order valence-corrected chi connectivity index (χ1v) is 8.04. The van der Waals surface area contributed by atoms with Gasteiger partial charge in [-0.25, -0.2) is 4.79 Å². The number of hydrogen-bond acceptors (Lipinski definition) is 7. The molecule has 1 aromatic rings. The maximum atomic E-state index is 12.7. The molecule has 27 heavy (non-hydrogen) atoms. The Hall–Kier alpha value is -3.43. The quantitative estimate of drug-likeness (QED) is 0.310. The molecule has 1 amide bonds. The zero-order valence-corrected chi connectivity index (χ0v) is 14.5.